The van der Waals surface area contributed by atoms with Crippen LogP contribution in [-0.2, 0) is 6.42 Å². The van der Waals surface area contributed by atoms with Gasteiger partial charge in [-0.2, -0.15) is 4.37 Å². The molecule has 4 nitrogen and oxygen atoms in total. The summed E-state index contributed by atoms with van der Waals surface area (Å²) in [5.41, 5.74) is 6.39. The lowest BCUT2D eigenvalue weighted by Crippen LogP contribution is -2.40. The van der Waals surface area contributed by atoms with Crippen LogP contribution in [0.25, 0.3) is 0 Å². The monoisotopic (exact) mass is 253 g/mol. The van der Waals surface area contributed by atoms with Crippen molar-refractivity contribution in [3.8, 4) is 0 Å². The van der Waals surface area contributed by atoms with Gasteiger partial charge in [-0.15, -0.1) is 0 Å². The Morgan fingerprint density at radius 3 is 2.82 bits per heavy atom. The zero-order valence-electron chi connectivity index (χ0n) is 10.1. The maximum absolute atomic E-state index is 11.9. The van der Waals surface area contributed by atoms with E-state index in [-0.39, 0.29) is 11.9 Å². The second-order valence-corrected chi connectivity index (χ2v) is 5.51. The molecule has 1 aromatic rings. The van der Waals surface area contributed by atoms with Gasteiger partial charge in [0.2, 0.25) is 0 Å². The van der Waals surface area contributed by atoms with Crippen molar-refractivity contribution in [1.82, 2.24) is 9.69 Å². The average molecular weight is 253 g/mol. The van der Waals surface area contributed by atoms with Crippen LogP contribution in [0.4, 0.5) is 0 Å². The Balaban J connectivity index is 1.88. The number of carbonyl (C=O) groups is 1. The summed E-state index contributed by atoms with van der Waals surface area (Å²) < 4.78 is 4.17. The summed E-state index contributed by atoms with van der Waals surface area (Å²) in [6.07, 6.45) is 4.91. The minimum atomic E-state index is -0.0404. The van der Waals surface area contributed by atoms with Crippen molar-refractivity contribution in [2.24, 2.45) is 5.73 Å². The first kappa shape index (κ1) is 12.5. The van der Waals surface area contributed by atoms with E-state index in [1.165, 1.54) is 11.5 Å². The summed E-state index contributed by atoms with van der Waals surface area (Å²) in [4.78, 5) is 13.1. The lowest BCUT2D eigenvalue weighted by molar-refractivity contribution is 0.0922. The smallest absolute Gasteiger partial charge is 0.271 e. The van der Waals surface area contributed by atoms with Gasteiger partial charge < -0.3 is 11.1 Å². The van der Waals surface area contributed by atoms with E-state index in [2.05, 4.69) is 16.6 Å². The van der Waals surface area contributed by atoms with Crippen molar-refractivity contribution in [3.05, 3.63) is 16.6 Å². The largest absolute Gasteiger partial charge is 0.348 e. The van der Waals surface area contributed by atoms with Crippen molar-refractivity contribution < 1.29 is 4.79 Å². The molecule has 94 valence electrons. The molecular formula is C12H19N3OS. The Labute approximate surface area is 106 Å². The number of nitrogens with one attached hydrogen (secondary N) is 1. The lowest BCUT2D eigenvalue weighted by atomic mass is 9.92. The number of nitrogens with two attached hydrogens (primary N) is 1. The van der Waals surface area contributed by atoms with E-state index in [9.17, 15) is 4.79 Å². The molecule has 17 heavy (non-hydrogen) atoms. The van der Waals surface area contributed by atoms with Crippen LogP contribution in [0.2, 0.25) is 0 Å². The number of amides is 1. The van der Waals surface area contributed by atoms with Gasteiger partial charge in [-0.05, 0) is 49.7 Å². The van der Waals surface area contributed by atoms with Crippen LogP contribution in [-0.4, -0.2) is 22.4 Å². The second kappa shape index (κ2) is 5.60. The maximum Gasteiger partial charge on any atom is 0.271 e. The van der Waals surface area contributed by atoms with Crippen LogP contribution in [0, 0.1) is 0 Å². The minimum Gasteiger partial charge on any atom is -0.348 e. The fourth-order valence-electron chi connectivity index (χ4n) is 2.11. The van der Waals surface area contributed by atoms with Crippen molar-refractivity contribution in [1.29, 1.82) is 0 Å². The molecule has 1 aromatic heterocycles. The molecular weight excluding hydrogens is 234 g/mol. The topological polar surface area (TPSA) is 68.0 Å². The van der Waals surface area contributed by atoms with Gasteiger partial charge in [-0.3, -0.25) is 4.79 Å². The van der Waals surface area contributed by atoms with Crippen LogP contribution in [0.1, 0.15) is 48.0 Å². The van der Waals surface area contributed by atoms with Crippen LogP contribution in [0.3, 0.4) is 0 Å². The number of rotatable bonds is 3. The first-order valence-electron chi connectivity index (χ1n) is 6.21. The molecule has 0 aliphatic heterocycles. The van der Waals surface area contributed by atoms with E-state index in [0.717, 1.165) is 37.0 Å². The molecule has 3 N–H and O–H groups in total. The quantitative estimate of drug-likeness (QED) is 0.861. The SMILES string of the molecule is CCc1cc(C(=O)N[C@H]2CC[C@H](N)CC2)ns1. The summed E-state index contributed by atoms with van der Waals surface area (Å²) in [5.74, 6) is -0.0404. The molecule has 0 bridgehead atoms. The third-order valence-corrected chi connectivity index (χ3v) is 4.18. The van der Waals surface area contributed by atoms with Crippen molar-refractivity contribution in [2.45, 2.75) is 51.1 Å². The highest BCUT2D eigenvalue weighted by Gasteiger charge is 2.21. The van der Waals surface area contributed by atoms with Gasteiger partial charge in [0.05, 0.1) is 0 Å². The van der Waals surface area contributed by atoms with Gasteiger partial charge >= 0.3 is 0 Å². The minimum absolute atomic E-state index is 0.0404. The highest BCUT2D eigenvalue weighted by atomic mass is 32.1. The maximum atomic E-state index is 11.9. The van der Waals surface area contributed by atoms with E-state index >= 15 is 0 Å². The third kappa shape index (κ3) is 3.26. The standard InChI is InChI=1S/C12H19N3OS/c1-2-10-7-11(15-17-10)12(16)14-9-5-3-8(13)4-6-9/h7-9H,2-6,13H2,1H3,(H,14,16)/t8-,9-. The molecule has 0 atom stereocenters. The summed E-state index contributed by atoms with van der Waals surface area (Å²) in [6, 6.07) is 2.47. The molecule has 0 saturated heterocycles. The van der Waals surface area contributed by atoms with Gasteiger partial charge in [-0.1, -0.05) is 6.92 Å². The van der Waals surface area contributed by atoms with Crippen molar-refractivity contribution in [2.75, 3.05) is 0 Å². The highest BCUT2D eigenvalue weighted by Crippen LogP contribution is 2.18. The average Bonchev–Trinajstić information content (AvgIpc) is 2.81. The van der Waals surface area contributed by atoms with Gasteiger partial charge in [0.1, 0.15) is 5.69 Å². The number of carbonyl (C=O) groups excluding carboxylic acids is 1. The predicted octanol–water partition coefficient (Wildman–Crippen LogP) is 1.71. The van der Waals surface area contributed by atoms with Gasteiger partial charge in [0.15, 0.2) is 0 Å². The van der Waals surface area contributed by atoms with Crippen molar-refractivity contribution in [3.63, 3.8) is 0 Å². The van der Waals surface area contributed by atoms with E-state index in [0.29, 0.717) is 11.7 Å². The molecule has 0 unspecified atom stereocenters. The molecule has 2 rings (SSSR count). The molecule has 0 aromatic carbocycles. The second-order valence-electron chi connectivity index (χ2n) is 4.62. The Bertz CT molecular complexity index is 383. The molecule has 1 heterocycles. The normalized spacial score (nSPS) is 24.6. The Morgan fingerprint density at radius 1 is 1.53 bits per heavy atom. The third-order valence-electron chi connectivity index (χ3n) is 3.25. The molecule has 1 aliphatic carbocycles. The fourth-order valence-corrected chi connectivity index (χ4v) is 2.75. The van der Waals surface area contributed by atoms with Crippen LogP contribution < -0.4 is 11.1 Å². The van der Waals surface area contributed by atoms with Crippen LogP contribution >= 0.6 is 11.5 Å². The number of aromatic nitrogens is 1. The molecule has 0 spiro atoms. The first-order valence-corrected chi connectivity index (χ1v) is 6.98. The summed E-state index contributed by atoms with van der Waals surface area (Å²) in [6.45, 7) is 2.07. The van der Waals surface area contributed by atoms with E-state index in [4.69, 9.17) is 5.73 Å². The number of hydrogen-bond acceptors (Lipinski definition) is 4. The van der Waals surface area contributed by atoms with E-state index in [1.54, 1.807) is 0 Å². The Kier molecular flexibility index (Phi) is 4.12. The predicted molar refractivity (Wildman–Crippen MR) is 69.2 cm³/mol. The van der Waals surface area contributed by atoms with Crippen molar-refractivity contribution >= 4 is 17.4 Å². The highest BCUT2D eigenvalue weighted by molar-refractivity contribution is 7.05. The zero-order chi connectivity index (χ0) is 12.3. The molecule has 5 heteroatoms. The first-order chi connectivity index (χ1) is 8.19. The molecule has 1 fully saturated rings. The summed E-state index contributed by atoms with van der Waals surface area (Å²) in [5, 5.41) is 3.04. The van der Waals surface area contributed by atoms with Gasteiger partial charge in [-0.25, -0.2) is 0 Å². The molecule has 1 saturated carbocycles. The van der Waals surface area contributed by atoms with Crippen LogP contribution in [0.15, 0.2) is 6.07 Å². The van der Waals surface area contributed by atoms with E-state index in [1.807, 2.05) is 6.07 Å². The van der Waals surface area contributed by atoms with Crippen LogP contribution in [0.5, 0.6) is 0 Å². The number of aryl methyl sites for hydroxylation is 1. The zero-order valence-corrected chi connectivity index (χ0v) is 10.9. The van der Waals surface area contributed by atoms with Gasteiger partial charge in [0, 0.05) is 17.0 Å². The fraction of sp³-hybridized carbons (Fsp3) is 0.667. The molecule has 0 radical (unpaired) electrons. The number of hydrogen-bond donors (Lipinski definition) is 2. The number of nitrogens with zero attached hydrogens (tertiary/aromatic N) is 1. The van der Waals surface area contributed by atoms with Gasteiger partial charge in [0.25, 0.3) is 5.91 Å². The lowest BCUT2D eigenvalue weighted by Gasteiger charge is -2.26. The summed E-state index contributed by atoms with van der Waals surface area (Å²) in [7, 11) is 0. The molecule has 1 aliphatic rings. The molecule has 1 amide bonds. The summed E-state index contributed by atoms with van der Waals surface area (Å²) >= 11 is 1.41. The van der Waals surface area contributed by atoms with E-state index < -0.39 is 0 Å². The Hall–Kier alpha value is -0.940. The Morgan fingerprint density at radius 2 is 2.24 bits per heavy atom.